The van der Waals surface area contributed by atoms with Crippen LogP contribution in [0.4, 0.5) is 4.79 Å². The molecule has 1 heterocycles. The molecule has 3 aromatic rings. The van der Waals surface area contributed by atoms with E-state index in [1.165, 1.54) is 10.9 Å². The van der Waals surface area contributed by atoms with E-state index in [0.717, 1.165) is 28.9 Å². The molecule has 0 aliphatic carbocycles. The van der Waals surface area contributed by atoms with Crippen LogP contribution in [0.15, 0.2) is 48.5 Å². The van der Waals surface area contributed by atoms with Crippen molar-refractivity contribution < 1.29 is 9.53 Å². The molecule has 1 aromatic heterocycles. The van der Waals surface area contributed by atoms with Crippen molar-refractivity contribution in [3.63, 3.8) is 0 Å². The zero-order chi connectivity index (χ0) is 19.2. The molecular weight excluding hydrogens is 338 g/mol. The second-order valence-electron chi connectivity index (χ2n) is 6.65. The SMILES string of the molecule is CCOc1cccc(C(C)NC(=O)NCCc2c(C)[nH]c3ccccc23)c1. The van der Waals surface area contributed by atoms with Crippen molar-refractivity contribution in [3.05, 3.63) is 65.4 Å². The number of fused-ring (bicyclic) bond motifs is 1. The number of nitrogens with one attached hydrogen (secondary N) is 3. The normalized spacial score (nSPS) is 12.0. The Morgan fingerprint density at radius 2 is 2.00 bits per heavy atom. The van der Waals surface area contributed by atoms with Gasteiger partial charge in [-0.3, -0.25) is 0 Å². The third-order valence-electron chi connectivity index (χ3n) is 4.70. The summed E-state index contributed by atoms with van der Waals surface area (Å²) in [5.41, 5.74) is 4.56. The number of carbonyl (C=O) groups excluding carboxylic acids is 1. The van der Waals surface area contributed by atoms with Gasteiger partial charge in [-0.05, 0) is 56.5 Å². The lowest BCUT2D eigenvalue weighted by atomic mass is 10.1. The number of hydrogen-bond acceptors (Lipinski definition) is 2. The maximum atomic E-state index is 12.3. The zero-order valence-corrected chi connectivity index (χ0v) is 16.1. The van der Waals surface area contributed by atoms with Crippen LogP contribution in [-0.4, -0.2) is 24.2 Å². The maximum Gasteiger partial charge on any atom is 0.315 e. The summed E-state index contributed by atoms with van der Waals surface area (Å²) in [7, 11) is 0. The standard InChI is InChI=1S/C22H27N3O2/c1-4-27-18-9-7-8-17(14-18)15(2)25-22(26)23-13-12-19-16(3)24-21-11-6-5-10-20(19)21/h5-11,14-15,24H,4,12-13H2,1-3H3,(H2,23,25,26). The number of amides is 2. The van der Waals surface area contributed by atoms with E-state index in [4.69, 9.17) is 4.74 Å². The molecule has 0 bridgehead atoms. The van der Waals surface area contributed by atoms with E-state index < -0.39 is 0 Å². The van der Waals surface area contributed by atoms with Crippen LogP contribution in [0.1, 0.15) is 36.7 Å². The first kappa shape index (κ1) is 18.8. The number of hydrogen-bond donors (Lipinski definition) is 3. The maximum absolute atomic E-state index is 12.3. The molecule has 27 heavy (non-hydrogen) atoms. The summed E-state index contributed by atoms with van der Waals surface area (Å²) < 4.78 is 5.52. The van der Waals surface area contributed by atoms with Gasteiger partial charge < -0.3 is 20.4 Å². The van der Waals surface area contributed by atoms with Crippen LogP contribution in [0.2, 0.25) is 0 Å². The molecule has 0 aliphatic heterocycles. The number of ether oxygens (including phenoxy) is 1. The number of aromatic amines is 1. The minimum absolute atomic E-state index is 0.0970. The number of para-hydroxylation sites is 1. The van der Waals surface area contributed by atoms with Gasteiger partial charge in [-0.2, -0.15) is 0 Å². The Morgan fingerprint density at radius 1 is 1.19 bits per heavy atom. The van der Waals surface area contributed by atoms with Crippen LogP contribution >= 0.6 is 0 Å². The van der Waals surface area contributed by atoms with Gasteiger partial charge in [0.05, 0.1) is 12.6 Å². The number of aryl methyl sites for hydroxylation is 1. The Hall–Kier alpha value is -2.95. The predicted molar refractivity (Wildman–Crippen MR) is 109 cm³/mol. The fourth-order valence-electron chi connectivity index (χ4n) is 3.33. The van der Waals surface area contributed by atoms with Crippen molar-refractivity contribution in [2.45, 2.75) is 33.2 Å². The number of urea groups is 1. The van der Waals surface area contributed by atoms with E-state index in [2.05, 4.69) is 34.7 Å². The van der Waals surface area contributed by atoms with E-state index in [1.54, 1.807) is 0 Å². The number of aromatic nitrogens is 1. The van der Waals surface area contributed by atoms with E-state index in [1.807, 2.05) is 50.2 Å². The summed E-state index contributed by atoms with van der Waals surface area (Å²) >= 11 is 0. The highest BCUT2D eigenvalue weighted by Gasteiger charge is 2.11. The smallest absolute Gasteiger partial charge is 0.315 e. The van der Waals surface area contributed by atoms with Crippen LogP contribution in [0.3, 0.4) is 0 Å². The molecule has 5 nitrogen and oxygen atoms in total. The van der Waals surface area contributed by atoms with Gasteiger partial charge in [-0.1, -0.05) is 30.3 Å². The Bertz CT molecular complexity index is 917. The summed E-state index contributed by atoms with van der Waals surface area (Å²) in [6.45, 7) is 7.20. The predicted octanol–water partition coefficient (Wildman–Crippen LogP) is 4.48. The van der Waals surface area contributed by atoms with Crippen molar-refractivity contribution in [1.29, 1.82) is 0 Å². The minimum atomic E-state index is -0.165. The molecule has 0 saturated carbocycles. The first-order valence-corrected chi connectivity index (χ1v) is 9.41. The number of carbonyl (C=O) groups is 1. The fourth-order valence-corrected chi connectivity index (χ4v) is 3.33. The third kappa shape index (κ3) is 4.61. The number of benzene rings is 2. The highest BCUT2D eigenvalue weighted by molar-refractivity contribution is 5.84. The first-order chi connectivity index (χ1) is 13.1. The van der Waals surface area contributed by atoms with Crippen LogP contribution in [-0.2, 0) is 6.42 Å². The lowest BCUT2D eigenvalue weighted by Crippen LogP contribution is -2.38. The lowest BCUT2D eigenvalue weighted by molar-refractivity contribution is 0.238. The van der Waals surface area contributed by atoms with Crippen LogP contribution in [0.5, 0.6) is 5.75 Å². The van der Waals surface area contributed by atoms with Crippen molar-refractivity contribution >= 4 is 16.9 Å². The molecule has 0 spiro atoms. The van der Waals surface area contributed by atoms with E-state index >= 15 is 0 Å². The molecule has 1 atom stereocenters. The minimum Gasteiger partial charge on any atom is -0.494 e. The van der Waals surface area contributed by atoms with Gasteiger partial charge in [-0.25, -0.2) is 4.79 Å². The average Bonchev–Trinajstić information content (AvgIpc) is 2.98. The molecule has 5 heteroatoms. The van der Waals surface area contributed by atoms with Crippen molar-refractivity contribution in [1.82, 2.24) is 15.6 Å². The van der Waals surface area contributed by atoms with Crippen LogP contribution < -0.4 is 15.4 Å². The largest absolute Gasteiger partial charge is 0.494 e. The summed E-state index contributed by atoms with van der Waals surface area (Å²) in [6.07, 6.45) is 0.789. The molecule has 3 N–H and O–H groups in total. The van der Waals surface area contributed by atoms with Gasteiger partial charge in [0, 0.05) is 23.1 Å². The molecule has 2 amide bonds. The highest BCUT2D eigenvalue weighted by atomic mass is 16.5. The molecule has 142 valence electrons. The molecule has 0 fully saturated rings. The molecule has 0 radical (unpaired) electrons. The Morgan fingerprint density at radius 3 is 2.81 bits per heavy atom. The summed E-state index contributed by atoms with van der Waals surface area (Å²) in [5, 5.41) is 7.16. The molecule has 3 rings (SSSR count). The summed E-state index contributed by atoms with van der Waals surface area (Å²) in [5.74, 6) is 0.818. The van der Waals surface area contributed by atoms with Crippen molar-refractivity contribution in [2.75, 3.05) is 13.2 Å². The van der Waals surface area contributed by atoms with Gasteiger partial charge in [0.2, 0.25) is 0 Å². The topological polar surface area (TPSA) is 66.2 Å². The summed E-state index contributed by atoms with van der Waals surface area (Å²) in [6, 6.07) is 15.8. The second kappa shape index (κ2) is 8.62. The van der Waals surface area contributed by atoms with Crippen molar-refractivity contribution in [3.8, 4) is 5.75 Å². The molecular formula is C22H27N3O2. The Balaban J connectivity index is 1.53. The highest BCUT2D eigenvalue weighted by Crippen LogP contribution is 2.22. The van der Waals surface area contributed by atoms with Crippen LogP contribution in [0, 0.1) is 6.92 Å². The van der Waals surface area contributed by atoms with Gasteiger partial charge in [0.15, 0.2) is 0 Å². The monoisotopic (exact) mass is 365 g/mol. The number of H-pyrrole nitrogens is 1. The van der Waals surface area contributed by atoms with Crippen molar-refractivity contribution in [2.24, 2.45) is 0 Å². The third-order valence-corrected chi connectivity index (χ3v) is 4.70. The number of rotatable bonds is 7. The molecule has 2 aromatic carbocycles. The second-order valence-corrected chi connectivity index (χ2v) is 6.65. The molecule has 1 unspecified atom stereocenters. The van der Waals surface area contributed by atoms with E-state index in [-0.39, 0.29) is 12.1 Å². The zero-order valence-electron chi connectivity index (χ0n) is 16.1. The van der Waals surface area contributed by atoms with Gasteiger partial charge in [0.25, 0.3) is 0 Å². The van der Waals surface area contributed by atoms with Crippen LogP contribution in [0.25, 0.3) is 10.9 Å². The van der Waals surface area contributed by atoms with Gasteiger partial charge >= 0.3 is 6.03 Å². The van der Waals surface area contributed by atoms with Gasteiger partial charge in [0.1, 0.15) is 5.75 Å². The Kier molecular flexibility index (Phi) is 6.01. The van der Waals surface area contributed by atoms with Gasteiger partial charge in [-0.15, -0.1) is 0 Å². The van der Waals surface area contributed by atoms with E-state index in [9.17, 15) is 4.79 Å². The quantitative estimate of drug-likeness (QED) is 0.578. The summed E-state index contributed by atoms with van der Waals surface area (Å²) in [4.78, 5) is 15.6. The molecule has 0 saturated heterocycles. The average molecular weight is 365 g/mol. The lowest BCUT2D eigenvalue weighted by Gasteiger charge is -2.16. The Labute approximate surface area is 160 Å². The molecule has 0 aliphatic rings. The van der Waals surface area contributed by atoms with E-state index in [0.29, 0.717) is 13.2 Å². The first-order valence-electron chi connectivity index (χ1n) is 9.41. The fraction of sp³-hybridized carbons (Fsp3) is 0.318.